The first-order valence-electron chi connectivity index (χ1n) is 9.01. The van der Waals surface area contributed by atoms with Gasteiger partial charge >= 0.3 is 6.18 Å². The summed E-state index contributed by atoms with van der Waals surface area (Å²) < 4.78 is 41.1. The normalized spacial score (nSPS) is 18.1. The van der Waals surface area contributed by atoms with E-state index in [2.05, 4.69) is 4.99 Å². The summed E-state index contributed by atoms with van der Waals surface area (Å²) in [7, 11) is 0. The lowest BCUT2D eigenvalue weighted by Crippen LogP contribution is -2.37. The average Bonchev–Trinajstić information content (AvgIpc) is 3.17. The number of amides is 1. The summed E-state index contributed by atoms with van der Waals surface area (Å²) in [6.45, 7) is 5.38. The Kier molecular flexibility index (Phi) is 4.73. The quantitative estimate of drug-likeness (QED) is 0.660. The summed E-state index contributed by atoms with van der Waals surface area (Å²) in [5.41, 5.74) is 2.61. The molecule has 0 radical (unpaired) electrons. The molecule has 30 heavy (non-hydrogen) atoms. The summed E-state index contributed by atoms with van der Waals surface area (Å²) in [5.74, 6) is -0.474. The van der Waals surface area contributed by atoms with Crippen molar-refractivity contribution in [2.24, 2.45) is 4.99 Å². The molecule has 0 fully saturated rings. The minimum absolute atomic E-state index is 0.0348. The van der Waals surface area contributed by atoms with Gasteiger partial charge in [-0.05, 0) is 62.1 Å². The third kappa shape index (κ3) is 3.28. The Morgan fingerprint density at radius 3 is 2.60 bits per heavy atom. The number of benzene rings is 1. The first kappa shape index (κ1) is 20.2. The second kappa shape index (κ2) is 7.02. The number of hydrogen-bond acceptors (Lipinski definition) is 3. The van der Waals surface area contributed by atoms with E-state index < -0.39 is 17.6 Å². The first-order chi connectivity index (χ1) is 14.1. The molecule has 0 saturated carbocycles. The van der Waals surface area contributed by atoms with Crippen LogP contribution in [0.15, 0.2) is 52.0 Å². The van der Waals surface area contributed by atoms with Gasteiger partial charge in [-0.2, -0.15) is 18.2 Å². The highest BCUT2D eigenvalue weighted by atomic mass is 32.2. The summed E-state index contributed by atoms with van der Waals surface area (Å²) in [4.78, 5) is 18.1. The lowest BCUT2D eigenvalue weighted by Gasteiger charge is -2.25. The zero-order valence-electron chi connectivity index (χ0n) is 16.3. The molecule has 3 heterocycles. The number of carbonyl (C=O) groups excluding carboxylic acids is 1. The van der Waals surface area contributed by atoms with Crippen molar-refractivity contribution in [1.29, 1.82) is 5.41 Å². The van der Waals surface area contributed by atoms with Gasteiger partial charge in [0.05, 0.1) is 11.1 Å². The van der Waals surface area contributed by atoms with Gasteiger partial charge in [-0.3, -0.25) is 15.1 Å². The molecule has 9 heteroatoms. The van der Waals surface area contributed by atoms with Gasteiger partial charge in [-0.1, -0.05) is 17.8 Å². The molecule has 2 aliphatic rings. The summed E-state index contributed by atoms with van der Waals surface area (Å²) in [6.07, 6.45) is -2.86. The Morgan fingerprint density at radius 1 is 1.17 bits per heavy atom. The summed E-state index contributed by atoms with van der Waals surface area (Å²) >= 11 is 1.29. The van der Waals surface area contributed by atoms with Crippen LogP contribution >= 0.6 is 11.8 Å². The highest BCUT2D eigenvalue weighted by Crippen LogP contribution is 2.34. The molecule has 2 aliphatic heterocycles. The van der Waals surface area contributed by atoms with E-state index in [1.165, 1.54) is 17.8 Å². The molecule has 5 nitrogen and oxygen atoms in total. The molecule has 1 aromatic heterocycles. The fourth-order valence-corrected chi connectivity index (χ4v) is 4.41. The predicted molar refractivity (Wildman–Crippen MR) is 112 cm³/mol. The second-order valence-electron chi connectivity index (χ2n) is 7.03. The van der Waals surface area contributed by atoms with Crippen molar-refractivity contribution in [3.8, 4) is 5.69 Å². The van der Waals surface area contributed by atoms with Crippen LogP contribution in [-0.2, 0) is 11.0 Å². The number of nitrogens with zero attached hydrogens (tertiary/aromatic N) is 3. The van der Waals surface area contributed by atoms with Crippen LogP contribution in [0.2, 0.25) is 0 Å². The number of rotatable bonds is 2. The van der Waals surface area contributed by atoms with Crippen molar-refractivity contribution >= 4 is 34.7 Å². The Hall–Kier alpha value is -3.07. The van der Waals surface area contributed by atoms with Gasteiger partial charge in [0.15, 0.2) is 5.17 Å². The van der Waals surface area contributed by atoms with E-state index in [1.807, 2.05) is 12.3 Å². The standard InChI is InChI=1S/C21H17F3N4OS/c1-11-7-14(8-17-18(25)28-12(2)10-30-20(28)26-19(17)29)13(3)27(11)16-6-4-5-15(9-16)21(22,23)24/h4-10,25H,1-3H3/b17-8+,25-18?. The molecule has 1 aromatic carbocycles. The maximum atomic E-state index is 13.1. The van der Waals surface area contributed by atoms with Gasteiger partial charge in [0, 0.05) is 22.8 Å². The van der Waals surface area contributed by atoms with Crippen LogP contribution < -0.4 is 0 Å². The molecule has 154 valence electrons. The van der Waals surface area contributed by atoms with Crippen molar-refractivity contribution in [2.45, 2.75) is 26.9 Å². The number of allylic oxidation sites excluding steroid dienone is 1. The topological polar surface area (TPSA) is 61.5 Å². The lowest BCUT2D eigenvalue weighted by molar-refractivity contribution is -0.137. The minimum Gasteiger partial charge on any atom is -0.318 e. The molecule has 0 atom stereocenters. The molecule has 1 amide bonds. The highest BCUT2D eigenvalue weighted by Gasteiger charge is 2.34. The summed E-state index contributed by atoms with van der Waals surface area (Å²) in [6, 6.07) is 6.88. The number of carbonyl (C=O) groups is 1. The van der Waals surface area contributed by atoms with Crippen LogP contribution in [0.25, 0.3) is 11.8 Å². The lowest BCUT2D eigenvalue weighted by atomic mass is 10.1. The monoisotopic (exact) mass is 430 g/mol. The summed E-state index contributed by atoms with van der Waals surface area (Å²) in [5, 5.41) is 10.7. The number of nitrogens with one attached hydrogen (secondary N) is 1. The van der Waals surface area contributed by atoms with E-state index in [0.29, 0.717) is 27.8 Å². The van der Waals surface area contributed by atoms with Gasteiger partial charge < -0.3 is 4.57 Å². The molecular weight excluding hydrogens is 413 g/mol. The van der Waals surface area contributed by atoms with Gasteiger partial charge in [-0.25, -0.2) is 0 Å². The molecule has 0 spiro atoms. The number of amidine groups is 2. The molecule has 1 N–H and O–H groups in total. The molecule has 0 saturated heterocycles. The van der Waals surface area contributed by atoms with Crippen molar-refractivity contribution in [3.63, 3.8) is 0 Å². The fraction of sp³-hybridized carbons (Fsp3) is 0.190. The van der Waals surface area contributed by atoms with Crippen LogP contribution in [0, 0.1) is 19.3 Å². The van der Waals surface area contributed by atoms with E-state index in [1.54, 1.807) is 41.5 Å². The Morgan fingerprint density at radius 2 is 1.90 bits per heavy atom. The maximum Gasteiger partial charge on any atom is 0.416 e. The third-order valence-corrected chi connectivity index (χ3v) is 5.93. The van der Waals surface area contributed by atoms with Crippen LogP contribution in [0.4, 0.5) is 13.2 Å². The number of aromatic nitrogens is 1. The van der Waals surface area contributed by atoms with Gasteiger partial charge in [0.25, 0.3) is 5.91 Å². The number of aryl methyl sites for hydroxylation is 1. The van der Waals surface area contributed by atoms with E-state index in [-0.39, 0.29) is 11.4 Å². The second-order valence-corrected chi connectivity index (χ2v) is 7.87. The van der Waals surface area contributed by atoms with E-state index in [0.717, 1.165) is 17.8 Å². The minimum atomic E-state index is -4.44. The van der Waals surface area contributed by atoms with E-state index in [4.69, 9.17) is 5.41 Å². The predicted octanol–water partition coefficient (Wildman–Crippen LogP) is 5.28. The molecular formula is C21H17F3N4OS. The van der Waals surface area contributed by atoms with Crippen molar-refractivity contribution in [2.75, 3.05) is 0 Å². The van der Waals surface area contributed by atoms with Crippen molar-refractivity contribution < 1.29 is 18.0 Å². The van der Waals surface area contributed by atoms with Crippen molar-refractivity contribution in [1.82, 2.24) is 9.47 Å². The van der Waals surface area contributed by atoms with Crippen LogP contribution in [-0.4, -0.2) is 26.4 Å². The zero-order valence-corrected chi connectivity index (χ0v) is 17.1. The number of alkyl halides is 3. The fourth-order valence-electron chi connectivity index (χ4n) is 3.55. The molecule has 0 aliphatic carbocycles. The number of halogens is 3. The maximum absolute atomic E-state index is 13.1. The Balaban J connectivity index is 1.78. The number of hydrogen-bond donors (Lipinski definition) is 1. The molecule has 4 rings (SSSR count). The van der Waals surface area contributed by atoms with E-state index >= 15 is 0 Å². The number of fused-ring (bicyclic) bond motifs is 1. The van der Waals surface area contributed by atoms with Gasteiger partial charge in [0.2, 0.25) is 0 Å². The van der Waals surface area contributed by atoms with Crippen LogP contribution in [0.1, 0.15) is 29.4 Å². The first-order valence-corrected chi connectivity index (χ1v) is 9.89. The van der Waals surface area contributed by atoms with Gasteiger partial charge in [0.1, 0.15) is 5.84 Å². The van der Waals surface area contributed by atoms with Gasteiger partial charge in [-0.15, -0.1) is 0 Å². The highest BCUT2D eigenvalue weighted by molar-refractivity contribution is 8.16. The van der Waals surface area contributed by atoms with Crippen LogP contribution in [0.3, 0.4) is 0 Å². The third-order valence-electron chi connectivity index (χ3n) is 4.99. The number of aliphatic imine (C=N–C) groups is 1. The molecule has 2 aromatic rings. The molecule has 0 unspecified atom stereocenters. The smallest absolute Gasteiger partial charge is 0.318 e. The Labute approximate surface area is 175 Å². The SMILES string of the molecule is CC1=CSC2=NC(=O)/C(=C/c3cc(C)n(-c4cccc(C(F)(F)F)c4)c3C)C(=N)N12. The average molecular weight is 430 g/mol. The number of thioether (sulfide) groups is 1. The Bertz CT molecular complexity index is 1190. The zero-order chi connectivity index (χ0) is 21.8. The molecule has 0 bridgehead atoms. The van der Waals surface area contributed by atoms with Crippen molar-refractivity contribution in [3.05, 3.63) is 69.5 Å². The van der Waals surface area contributed by atoms with E-state index in [9.17, 15) is 18.0 Å². The van der Waals surface area contributed by atoms with Crippen LogP contribution in [0.5, 0.6) is 0 Å². The largest absolute Gasteiger partial charge is 0.416 e.